The van der Waals surface area contributed by atoms with E-state index in [2.05, 4.69) is 29.1 Å². The predicted octanol–water partition coefficient (Wildman–Crippen LogP) is 2.00. The molecule has 1 saturated carbocycles. The summed E-state index contributed by atoms with van der Waals surface area (Å²) in [7, 11) is 0. The first-order chi connectivity index (χ1) is 7.15. The van der Waals surface area contributed by atoms with Crippen molar-refractivity contribution in [3.8, 4) is 0 Å². The van der Waals surface area contributed by atoms with E-state index in [1.165, 1.54) is 12.8 Å². The minimum Gasteiger partial charge on any atom is -0.384 e. The maximum Gasteiger partial charge on any atom is 0.135 e. The molecule has 4 nitrogen and oxygen atoms in total. The molecule has 0 bridgehead atoms. The lowest BCUT2D eigenvalue weighted by atomic mass is 10.2. The fraction of sp³-hybridized carbons (Fsp3) is 0.636. The van der Waals surface area contributed by atoms with Crippen LogP contribution in [0.15, 0.2) is 6.07 Å². The van der Waals surface area contributed by atoms with Gasteiger partial charge in [-0.15, -0.1) is 0 Å². The highest BCUT2D eigenvalue weighted by molar-refractivity contribution is 5.45. The van der Waals surface area contributed by atoms with Gasteiger partial charge in [-0.2, -0.15) is 0 Å². The largest absolute Gasteiger partial charge is 0.384 e. The van der Waals surface area contributed by atoms with Crippen LogP contribution in [-0.4, -0.2) is 16.5 Å². The van der Waals surface area contributed by atoms with Gasteiger partial charge in [0.25, 0.3) is 0 Å². The zero-order valence-corrected chi connectivity index (χ0v) is 9.33. The number of rotatable bonds is 4. The van der Waals surface area contributed by atoms with Crippen molar-refractivity contribution in [3.63, 3.8) is 0 Å². The van der Waals surface area contributed by atoms with Gasteiger partial charge in [-0.25, -0.2) is 9.97 Å². The van der Waals surface area contributed by atoms with Gasteiger partial charge in [-0.1, -0.05) is 13.8 Å². The molecule has 15 heavy (non-hydrogen) atoms. The van der Waals surface area contributed by atoms with E-state index in [1.54, 1.807) is 6.07 Å². The van der Waals surface area contributed by atoms with Crippen LogP contribution in [0.25, 0.3) is 0 Å². The highest BCUT2D eigenvalue weighted by Crippen LogP contribution is 2.28. The van der Waals surface area contributed by atoms with E-state index < -0.39 is 0 Å². The maximum absolute atomic E-state index is 5.73. The van der Waals surface area contributed by atoms with E-state index in [1.807, 2.05) is 0 Å². The molecule has 1 aliphatic carbocycles. The molecule has 0 aromatic carbocycles. The van der Waals surface area contributed by atoms with Crippen molar-refractivity contribution in [3.05, 3.63) is 11.9 Å². The molecule has 1 aliphatic rings. The molecule has 0 atom stereocenters. The molecule has 82 valence electrons. The molecule has 0 saturated heterocycles. The van der Waals surface area contributed by atoms with Crippen LogP contribution in [0.1, 0.15) is 38.4 Å². The summed E-state index contributed by atoms with van der Waals surface area (Å²) in [5.41, 5.74) is 5.73. The Labute approximate surface area is 90.3 Å². The molecule has 2 rings (SSSR count). The molecule has 0 radical (unpaired) electrons. The quantitative estimate of drug-likeness (QED) is 0.791. The van der Waals surface area contributed by atoms with Gasteiger partial charge >= 0.3 is 0 Å². The molecule has 1 fully saturated rings. The summed E-state index contributed by atoms with van der Waals surface area (Å²) >= 11 is 0. The monoisotopic (exact) mass is 206 g/mol. The van der Waals surface area contributed by atoms with Crippen molar-refractivity contribution in [2.45, 2.75) is 32.6 Å². The second-order valence-electron chi connectivity index (χ2n) is 4.52. The van der Waals surface area contributed by atoms with Crippen LogP contribution in [0.4, 0.5) is 11.6 Å². The lowest BCUT2D eigenvalue weighted by Crippen LogP contribution is -2.09. The third-order valence-corrected chi connectivity index (χ3v) is 2.55. The van der Waals surface area contributed by atoms with Gasteiger partial charge in [0.2, 0.25) is 0 Å². The van der Waals surface area contributed by atoms with Gasteiger partial charge in [0.05, 0.1) is 0 Å². The number of nitrogens with one attached hydrogen (secondary N) is 1. The van der Waals surface area contributed by atoms with Crippen LogP contribution in [0, 0.1) is 5.92 Å². The number of nitrogens with zero attached hydrogens (tertiary/aromatic N) is 2. The maximum atomic E-state index is 5.73. The van der Waals surface area contributed by atoms with Crippen molar-refractivity contribution < 1.29 is 0 Å². The highest BCUT2D eigenvalue weighted by atomic mass is 15.1. The predicted molar refractivity (Wildman–Crippen MR) is 61.7 cm³/mol. The minimum atomic E-state index is 0.315. The summed E-state index contributed by atoms with van der Waals surface area (Å²) in [4.78, 5) is 8.63. The Bertz CT molecular complexity index is 344. The number of nitrogen functional groups attached to an aromatic ring is 1. The summed E-state index contributed by atoms with van der Waals surface area (Å²) in [6, 6.07) is 1.80. The van der Waals surface area contributed by atoms with Crippen molar-refractivity contribution >= 4 is 11.6 Å². The summed E-state index contributed by atoms with van der Waals surface area (Å²) < 4.78 is 0. The summed E-state index contributed by atoms with van der Waals surface area (Å²) in [5, 5.41) is 3.31. The average molecular weight is 206 g/mol. The van der Waals surface area contributed by atoms with Crippen LogP contribution in [0.3, 0.4) is 0 Å². The van der Waals surface area contributed by atoms with E-state index in [0.29, 0.717) is 11.7 Å². The minimum absolute atomic E-state index is 0.315. The second-order valence-corrected chi connectivity index (χ2v) is 4.52. The van der Waals surface area contributed by atoms with Crippen molar-refractivity contribution in [2.75, 3.05) is 17.6 Å². The standard InChI is InChI=1S/C11H18N4/c1-7(2)11-14-9(12)5-10(15-11)13-6-8-3-4-8/h5,7-8H,3-4,6H2,1-2H3,(H3,12,13,14,15). The SMILES string of the molecule is CC(C)c1nc(N)cc(NCC2CC2)n1. The molecule has 0 aliphatic heterocycles. The fourth-order valence-corrected chi connectivity index (χ4v) is 1.40. The Morgan fingerprint density at radius 3 is 2.80 bits per heavy atom. The summed E-state index contributed by atoms with van der Waals surface area (Å²) in [6.45, 7) is 5.15. The summed E-state index contributed by atoms with van der Waals surface area (Å²) in [5.74, 6) is 3.37. The molecule has 1 heterocycles. The van der Waals surface area contributed by atoms with Gasteiger partial charge in [-0.3, -0.25) is 0 Å². The van der Waals surface area contributed by atoms with Gasteiger partial charge in [0.15, 0.2) is 0 Å². The molecule has 3 N–H and O–H groups in total. The molecular formula is C11H18N4. The number of nitrogens with two attached hydrogens (primary N) is 1. The van der Waals surface area contributed by atoms with E-state index in [0.717, 1.165) is 24.1 Å². The molecule has 0 spiro atoms. The number of hydrogen-bond acceptors (Lipinski definition) is 4. The average Bonchev–Trinajstić information content (AvgIpc) is 2.97. The molecule has 0 unspecified atom stereocenters. The normalized spacial score (nSPS) is 15.7. The van der Waals surface area contributed by atoms with Crippen LogP contribution >= 0.6 is 0 Å². The topological polar surface area (TPSA) is 63.8 Å². The van der Waals surface area contributed by atoms with Crippen LogP contribution in [-0.2, 0) is 0 Å². The first-order valence-electron chi connectivity index (χ1n) is 5.53. The number of hydrogen-bond donors (Lipinski definition) is 2. The number of anilines is 2. The first kappa shape index (κ1) is 10.2. The smallest absolute Gasteiger partial charge is 0.135 e. The Morgan fingerprint density at radius 1 is 1.47 bits per heavy atom. The molecule has 0 amide bonds. The second kappa shape index (κ2) is 4.04. The Morgan fingerprint density at radius 2 is 2.20 bits per heavy atom. The van der Waals surface area contributed by atoms with E-state index in [4.69, 9.17) is 5.73 Å². The molecule has 4 heteroatoms. The number of aromatic nitrogens is 2. The van der Waals surface area contributed by atoms with Crippen molar-refractivity contribution in [1.82, 2.24) is 9.97 Å². The molecule has 1 aromatic heterocycles. The lowest BCUT2D eigenvalue weighted by Gasteiger charge is -2.09. The van der Waals surface area contributed by atoms with Gasteiger partial charge in [0, 0.05) is 18.5 Å². The van der Waals surface area contributed by atoms with E-state index in [9.17, 15) is 0 Å². The van der Waals surface area contributed by atoms with Crippen molar-refractivity contribution in [2.24, 2.45) is 5.92 Å². The molecule has 1 aromatic rings. The van der Waals surface area contributed by atoms with Gasteiger partial charge in [0.1, 0.15) is 17.5 Å². The fourth-order valence-electron chi connectivity index (χ4n) is 1.40. The zero-order valence-electron chi connectivity index (χ0n) is 9.33. The van der Waals surface area contributed by atoms with E-state index in [-0.39, 0.29) is 0 Å². The van der Waals surface area contributed by atoms with Crippen molar-refractivity contribution in [1.29, 1.82) is 0 Å². The Kier molecular flexibility index (Phi) is 2.75. The third-order valence-electron chi connectivity index (χ3n) is 2.55. The summed E-state index contributed by atoms with van der Waals surface area (Å²) in [6.07, 6.45) is 2.68. The Balaban J connectivity index is 2.07. The van der Waals surface area contributed by atoms with E-state index >= 15 is 0 Å². The van der Waals surface area contributed by atoms with Crippen LogP contribution in [0.5, 0.6) is 0 Å². The molecular weight excluding hydrogens is 188 g/mol. The van der Waals surface area contributed by atoms with Crippen LogP contribution in [0.2, 0.25) is 0 Å². The first-order valence-corrected chi connectivity index (χ1v) is 5.53. The Hall–Kier alpha value is -1.32. The van der Waals surface area contributed by atoms with Gasteiger partial charge < -0.3 is 11.1 Å². The lowest BCUT2D eigenvalue weighted by molar-refractivity contribution is 0.774. The zero-order chi connectivity index (χ0) is 10.8. The van der Waals surface area contributed by atoms with Gasteiger partial charge in [-0.05, 0) is 18.8 Å². The highest BCUT2D eigenvalue weighted by Gasteiger charge is 2.20. The third kappa shape index (κ3) is 2.81. The van der Waals surface area contributed by atoms with Crippen LogP contribution < -0.4 is 11.1 Å².